The van der Waals surface area contributed by atoms with Crippen molar-refractivity contribution < 1.29 is 0 Å². The first-order chi connectivity index (χ1) is 11.7. The van der Waals surface area contributed by atoms with E-state index < -0.39 is 0 Å². The van der Waals surface area contributed by atoms with Crippen molar-refractivity contribution in [3.8, 4) is 0 Å². The Labute approximate surface area is 159 Å². The molecule has 4 heteroatoms. The Morgan fingerprint density at radius 1 is 1.12 bits per heavy atom. The molecule has 2 aromatic carbocycles. The molecule has 0 radical (unpaired) electrons. The smallest absolute Gasteiger partial charge is 0.0848 e. The lowest BCUT2D eigenvalue weighted by atomic mass is 9.87. The molecule has 0 fully saturated rings. The fraction of sp³-hybridized carbons (Fsp3) is 0.286. The van der Waals surface area contributed by atoms with Crippen molar-refractivity contribution in [2.45, 2.75) is 33.2 Å². The number of nitrogens with zero attached hydrogens (tertiary/aromatic N) is 2. The molecule has 0 bridgehead atoms. The summed E-state index contributed by atoms with van der Waals surface area (Å²) in [5.74, 6) is 0. The average Bonchev–Trinajstić information content (AvgIpc) is 2.54. The number of hydrogen-bond donors (Lipinski definition) is 0. The molecule has 0 N–H and O–H groups in total. The predicted molar refractivity (Wildman–Crippen MR) is 111 cm³/mol. The Morgan fingerprint density at radius 3 is 2.56 bits per heavy atom. The second-order valence-electron chi connectivity index (χ2n) is 7.10. The number of fused-ring (bicyclic) bond motifs is 1. The monoisotopic (exact) mass is 372 g/mol. The lowest BCUT2D eigenvalue weighted by molar-refractivity contribution is 0.597. The number of benzene rings is 2. The molecule has 0 atom stereocenters. The van der Waals surface area contributed by atoms with Gasteiger partial charge in [0.1, 0.15) is 0 Å². The van der Waals surface area contributed by atoms with E-state index in [1.54, 1.807) is 6.07 Å². The molecule has 1 aliphatic heterocycles. The maximum absolute atomic E-state index is 6.23. The van der Waals surface area contributed by atoms with E-state index in [2.05, 4.69) is 62.8 Å². The predicted octanol–water partition coefficient (Wildman–Crippen LogP) is 6.68. The molecule has 2 aromatic rings. The van der Waals surface area contributed by atoms with Crippen LogP contribution in [0.15, 0.2) is 41.4 Å². The first-order valence-corrected chi connectivity index (χ1v) is 9.02. The maximum atomic E-state index is 6.23. The topological polar surface area (TPSA) is 15.6 Å². The van der Waals surface area contributed by atoms with Crippen LogP contribution in [-0.4, -0.2) is 18.8 Å². The van der Waals surface area contributed by atoms with E-state index in [0.29, 0.717) is 15.7 Å². The van der Waals surface area contributed by atoms with E-state index in [1.807, 2.05) is 18.3 Å². The van der Waals surface area contributed by atoms with Crippen molar-refractivity contribution in [2.75, 3.05) is 11.9 Å². The van der Waals surface area contributed by atoms with Gasteiger partial charge in [0.25, 0.3) is 0 Å². The number of aryl methyl sites for hydroxylation is 1. The van der Waals surface area contributed by atoms with Crippen LogP contribution in [0.1, 0.15) is 37.5 Å². The molecule has 1 heterocycles. The lowest BCUT2D eigenvalue weighted by Crippen LogP contribution is -2.42. The van der Waals surface area contributed by atoms with Crippen molar-refractivity contribution in [3.63, 3.8) is 0 Å². The number of rotatable bonds is 2. The van der Waals surface area contributed by atoms with E-state index >= 15 is 0 Å². The van der Waals surface area contributed by atoms with Gasteiger partial charge < -0.3 is 4.90 Å². The van der Waals surface area contributed by atoms with Gasteiger partial charge in [0, 0.05) is 24.5 Å². The molecule has 3 rings (SSSR count). The van der Waals surface area contributed by atoms with Crippen molar-refractivity contribution in [3.05, 3.63) is 63.1 Å². The Balaban J connectivity index is 2.04. The number of aliphatic imine (C=N–C) groups is 1. The number of hydrogen-bond acceptors (Lipinski definition) is 2. The Hall–Kier alpha value is -1.77. The van der Waals surface area contributed by atoms with Crippen LogP contribution < -0.4 is 4.90 Å². The second-order valence-corrected chi connectivity index (χ2v) is 7.88. The molecule has 1 aliphatic rings. The van der Waals surface area contributed by atoms with Crippen LogP contribution in [0.2, 0.25) is 10.0 Å². The van der Waals surface area contributed by atoms with E-state index in [-0.39, 0.29) is 5.54 Å². The molecule has 130 valence electrons. The molecule has 0 aliphatic carbocycles. The Bertz CT molecular complexity index is 895. The molecule has 0 saturated carbocycles. The minimum Gasteiger partial charge on any atom is -0.365 e. The van der Waals surface area contributed by atoms with Crippen molar-refractivity contribution in [1.82, 2.24) is 0 Å². The summed E-state index contributed by atoms with van der Waals surface area (Å²) in [6.07, 6.45) is 4.17. The van der Waals surface area contributed by atoms with Gasteiger partial charge in [0.15, 0.2) is 0 Å². The second kappa shape index (κ2) is 6.51. The molecule has 0 amide bonds. The first-order valence-electron chi connectivity index (χ1n) is 8.27. The summed E-state index contributed by atoms with van der Waals surface area (Å²) >= 11 is 12.3. The SMILES string of the molecule is CC1=CC(C)(C)N(C)c2cc(C)c(C=Nc3cccc(Cl)c3Cl)cc21. The van der Waals surface area contributed by atoms with E-state index in [1.165, 1.54) is 22.4 Å². The summed E-state index contributed by atoms with van der Waals surface area (Å²) in [6.45, 7) is 8.73. The van der Waals surface area contributed by atoms with E-state index in [0.717, 1.165) is 5.56 Å². The van der Waals surface area contributed by atoms with Crippen molar-refractivity contribution in [1.29, 1.82) is 0 Å². The zero-order valence-electron chi connectivity index (χ0n) is 15.2. The number of allylic oxidation sites excluding steroid dienone is 1. The van der Waals surface area contributed by atoms with E-state index in [4.69, 9.17) is 23.2 Å². The van der Waals surface area contributed by atoms with Gasteiger partial charge in [0.2, 0.25) is 0 Å². The molecular formula is C21H22Cl2N2. The molecule has 2 nitrogen and oxygen atoms in total. The van der Waals surface area contributed by atoms with Gasteiger partial charge in [-0.2, -0.15) is 0 Å². The minimum absolute atomic E-state index is 0.00738. The zero-order valence-corrected chi connectivity index (χ0v) is 16.7. The van der Waals surface area contributed by atoms with Crippen LogP contribution in [0.5, 0.6) is 0 Å². The van der Waals surface area contributed by atoms with Gasteiger partial charge in [-0.05, 0) is 68.7 Å². The zero-order chi connectivity index (χ0) is 18.4. The van der Waals surface area contributed by atoms with Crippen LogP contribution in [0.3, 0.4) is 0 Å². The Kier molecular flexibility index (Phi) is 4.70. The highest BCUT2D eigenvalue weighted by molar-refractivity contribution is 6.43. The number of anilines is 1. The fourth-order valence-corrected chi connectivity index (χ4v) is 3.53. The van der Waals surface area contributed by atoms with Crippen LogP contribution in [-0.2, 0) is 0 Å². The van der Waals surface area contributed by atoms with Gasteiger partial charge in [-0.25, -0.2) is 0 Å². The average molecular weight is 373 g/mol. The first kappa shape index (κ1) is 18.0. The third kappa shape index (κ3) is 3.33. The van der Waals surface area contributed by atoms with Crippen LogP contribution in [0.4, 0.5) is 11.4 Å². The number of likely N-dealkylation sites (N-methyl/N-ethyl adjacent to an activating group) is 1. The highest BCUT2D eigenvalue weighted by atomic mass is 35.5. The third-order valence-electron chi connectivity index (χ3n) is 4.88. The van der Waals surface area contributed by atoms with Crippen molar-refractivity contribution in [2.24, 2.45) is 4.99 Å². The Morgan fingerprint density at radius 2 is 1.84 bits per heavy atom. The molecule has 0 saturated heterocycles. The van der Waals surface area contributed by atoms with Gasteiger partial charge in [-0.15, -0.1) is 0 Å². The van der Waals surface area contributed by atoms with Crippen LogP contribution in [0, 0.1) is 6.92 Å². The molecule has 0 unspecified atom stereocenters. The maximum Gasteiger partial charge on any atom is 0.0848 e. The molecule has 0 spiro atoms. The summed E-state index contributed by atoms with van der Waals surface area (Å²) in [7, 11) is 2.14. The summed E-state index contributed by atoms with van der Waals surface area (Å²) in [5.41, 5.74) is 6.72. The normalized spacial score (nSPS) is 16.1. The summed E-state index contributed by atoms with van der Waals surface area (Å²) in [4.78, 5) is 6.86. The third-order valence-corrected chi connectivity index (χ3v) is 5.69. The fourth-order valence-electron chi connectivity index (χ4n) is 3.19. The van der Waals surface area contributed by atoms with Gasteiger partial charge in [0.05, 0.1) is 21.3 Å². The van der Waals surface area contributed by atoms with Gasteiger partial charge in [-0.1, -0.05) is 35.3 Å². The van der Waals surface area contributed by atoms with Gasteiger partial charge >= 0.3 is 0 Å². The standard InChI is InChI=1S/C21H22Cl2N2/c1-13-9-19-16(14(2)11-21(3,4)25(19)5)10-15(13)12-24-18-8-6-7-17(22)20(18)23/h6-12H,1-5H3. The summed E-state index contributed by atoms with van der Waals surface area (Å²) in [6, 6.07) is 9.90. The van der Waals surface area contributed by atoms with E-state index in [9.17, 15) is 0 Å². The minimum atomic E-state index is 0.00738. The van der Waals surface area contributed by atoms with Crippen LogP contribution >= 0.6 is 23.2 Å². The van der Waals surface area contributed by atoms with Gasteiger partial charge in [-0.3, -0.25) is 4.99 Å². The lowest BCUT2D eigenvalue weighted by Gasteiger charge is -2.41. The highest BCUT2D eigenvalue weighted by Crippen LogP contribution is 2.39. The summed E-state index contributed by atoms with van der Waals surface area (Å²) in [5, 5.41) is 0.995. The molecular weight excluding hydrogens is 351 g/mol. The largest absolute Gasteiger partial charge is 0.365 e. The van der Waals surface area contributed by atoms with Crippen LogP contribution in [0.25, 0.3) is 5.57 Å². The van der Waals surface area contributed by atoms with Crippen molar-refractivity contribution >= 4 is 46.4 Å². The quantitative estimate of drug-likeness (QED) is 0.536. The molecule has 0 aromatic heterocycles. The molecule has 25 heavy (non-hydrogen) atoms. The highest BCUT2D eigenvalue weighted by Gasteiger charge is 2.28. The number of halogens is 2. The summed E-state index contributed by atoms with van der Waals surface area (Å²) < 4.78 is 0.